The zero-order valence-electron chi connectivity index (χ0n) is 4.23. The van der Waals surface area contributed by atoms with E-state index in [2.05, 4.69) is 15.9 Å². The molecule has 0 fully saturated rings. The van der Waals surface area contributed by atoms with Gasteiger partial charge in [-0.1, -0.05) is 27.5 Å². The Hall–Kier alpha value is 0.180. The molecule has 0 aliphatic carbocycles. The number of alkyl halides is 1. The molecule has 0 atom stereocenters. The summed E-state index contributed by atoms with van der Waals surface area (Å²) >= 11 is 8.24. The lowest BCUT2D eigenvalue weighted by molar-refractivity contribution is -0.114. The third-order valence-electron chi connectivity index (χ3n) is 0.590. The number of allylic oxidation sites excluding steroid dienone is 1. The lowest BCUT2D eigenvalue weighted by Gasteiger charge is -1.82. The Balaban J connectivity index is 3.33. The predicted molar refractivity (Wildman–Crippen MR) is 38.4 cm³/mol. The van der Waals surface area contributed by atoms with Gasteiger partial charge < -0.3 is 0 Å². The highest BCUT2D eigenvalue weighted by atomic mass is 79.9. The fraction of sp³-hybridized carbons (Fsp3) is 0.400. The number of halogens is 2. The van der Waals surface area contributed by atoms with Crippen molar-refractivity contribution < 1.29 is 4.79 Å². The minimum Gasteiger partial charge on any atom is -0.295 e. The van der Waals surface area contributed by atoms with Crippen LogP contribution in [0.3, 0.4) is 0 Å². The van der Waals surface area contributed by atoms with Crippen LogP contribution in [-0.2, 0) is 4.79 Å². The van der Waals surface area contributed by atoms with Crippen molar-refractivity contribution in [1.29, 1.82) is 0 Å². The van der Waals surface area contributed by atoms with Crippen LogP contribution in [0.5, 0.6) is 0 Å². The number of hydrogen-bond acceptors (Lipinski definition) is 1. The smallest absolute Gasteiger partial charge is 0.157 e. The largest absolute Gasteiger partial charge is 0.295 e. The monoisotopic (exact) mass is 196 g/mol. The van der Waals surface area contributed by atoms with Crippen molar-refractivity contribution in [2.75, 3.05) is 5.33 Å². The molecule has 0 radical (unpaired) electrons. The van der Waals surface area contributed by atoms with Crippen LogP contribution in [0.2, 0.25) is 0 Å². The molecule has 1 nitrogen and oxygen atoms in total. The molecule has 0 unspecified atom stereocenters. The van der Waals surface area contributed by atoms with Crippen LogP contribution in [-0.4, -0.2) is 11.1 Å². The molecule has 0 bridgehead atoms. The summed E-state index contributed by atoms with van der Waals surface area (Å²) in [5, 5.41) is 0.701. The van der Waals surface area contributed by atoms with Gasteiger partial charge in [0.15, 0.2) is 5.78 Å². The lowest BCUT2D eigenvalue weighted by atomic mass is 10.3. The van der Waals surface area contributed by atoms with Gasteiger partial charge in [0, 0.05) is 17.3 Å². The van der Waals surface area contributed by atoms with Gasteiger partial charge in [0.25, 0.3) is 0 Å². The Bertz CT molecular complexity index is 101. The van der Waals surface area contributed by atoms with E-state index in [0.29, 0.717) is 11.8 Å². The number of ketones is 1. The Labute approximate surface area is 61.8 Å². The zero-order chi connectivity index (χ0) is 6.41. The average molecular weight is 197 g/mol. The molecule has 3 heteroatoms. The normalized spacial score (nSPS) is 10.2. The van der Waals surface area contributed by atoms with Gasteiger partial charge in [-0.2, -0.15) is 0 Å². The van der Waals surface area contributed by atoms with Crippen LogP contribution in [0.25, 0.3) is 0 Å². The summed E-state index contributed by atoms with van der Waals surface area (Å²) in [4.78, 5) is 10.4. The third-order valence-corrected chi connectivity index (χ3v) is 1.11. The molecule has 0 aliphatic heterocycles. The van der Waals surface area contributed by atoms with Gasteiger partial charge in [-0.3, -0.25) is 4.79 Å². The third kappa shape index (κ3) is 4.34. The topological polar surface area (TPSA) is 17.1 Å². The first kappa shape index (κ1) is 8.18. The molecule has 0 rings (SSSR count). The summed E-state index contributed by atoms with van der Waals surface area (Å²) < 4.78 is 0. The molecular formula is C5H6BrClO. The van der Waals surface area contributed by atoms with Crippen LogP contribution in [0.4, 0.5) is 0 Å². The van der Waals surface area contributed by atoms with Gasteiger partial charge in [-0.15, -0.1) is 0 Å². The number of rotatable bonds is 3. The van der Waals surface area contributed by atoms with E-state index in [1.165, 1.54) is 11.6 Å². The van der Waals surface area contributed by atoms with Crippen LogP contribution in [0, 0.1) is 0 Å². The highest BCUT2D eigenvalue weighted by Gasteiger charge is 1.90. The zero-order valence-corrected chi connectivity index (χ0v) is 6.58. The van der Waals surface area contributed by atoms with Gasteiger partial charge in [-0.05, 0) is 6.08 Å². The molecule has 0 aromatic rings. The summed E-state index contributed by atoms with van der Waals surface area (Å²) in [6.45, 7) is 0. The summed E-state index contributed by atoms with van der Waals surface area (Å²) in [6, 6.07) is 0. The predicted octanol–water partition coefficient (Wildman–Crippen LogP) is 2.09. The van der Waals surface area contributed by atoms with Crippen molar-refractivity contribution in [2.24, 2.45) is 0 Å². The summed E-state index contributed by atoms with van der Waals surface area (Å²) in [5.74, 6) is 0.0527. The Morgan fingerprint density at radius 2 is 2.38 bits per heavy atom. The minimum atomic E-state index is 0.0527. The second kappa shape index (κ2) is 5.32. The van der Waals surface area contributed by atoms with Crippen molar-refractivity contribution in [3.8, 4) is 0 Å². The minimum absolute atomic E-state index is 0.0527. The standard InChI is InChI=1S/C5H6BrClO/c6-3-1-5(8)2-4-7/h2,4H,1,3H2. The molecule has 46 valence electrons. The number of carbonyl (C=O) groups excluding carboxylic acids is 1. The molecule has 0 amide bonds. The highest BCUT2D eigenvalue weighted by Crippen LogP contribution is 1.91. The van der Waals surface area contributed by atoms with Gasteiger partial charge in [0.05, 0.1) is 0 Å². The van der Waals surface area contributed by atoms with Crippen molar-refractivity contribution >= 4 is 33.3 Å². The number of hydrogen-bond donors (Lipinski definition) is 0. The molecule has 0 aromatic carbocycles. The molecule has 0 spiro atoms. The van der Waals surface area contributed by atoms with E-state index in [9.17, 15) is 4.79 Å². The van der Waals surface area contributed by atoms with E-state index in [1.54, 1.807) is 0 Å². The lowest BCUT2D eigenvalue weighted by Crippen LogP contribution is -1.90. The van der Waals surface area contributed by atoms with E-state index in [-0.39, 0.29) is 5.78 Å². The maximum atomic E-state index is 10.4. The maximum absolute atomic E-state index is 10.4. The molecule has 0 saturated heterocycles. The molecule has 0 saturated carbocycles. The quantitative estimate of drug-likeness (QED) is 0.500. The first-order chi connectivity index (χ1) is 3.81. The maximum Gasteiger partial charge on any atom is 0.157 e. The first-order valence-corrected chi connectivity index (χ1v) is 3.72. The SMILES string of the molecule is O=C(C=CCl)CCBr. The first-order valence-electron chi connectivity index (χ1n) is 2.17. The second-order valence-electron chi connectivity index (χ2n) is 1.20. The van der Waals surface area contributed by atoms with E-state index < -0.39 is 0 Å². The van der Waals surface area contributed by atoms with E-state index in [4.69, 9.17) is 11.6 Å². The summed E-state index contributed by atoms with van der Waals surface area (Å²) in [5.41, 5.74) is 1.23. The van der Waals surface area contributed by atoms with Crippen molar-refractivity contribution in [3.05, 3.63) is 11.6 Å². The molecule has 0 N–H and O–H groups in total. The molecule has 8 heavy (non-hydrogen) atoms. The summed E-state index contributed by atoms with van der Waals surface area (Å²) in [7, 11) is 0. The summed E-state index contributed by atoms with van der Waals surface area (Å²) in [6.07, 6.45) is 1.87. The van der Waals surface area contributed by atoms with Crippen LogP contribution < -0.4 is 0 Å². The molecule has 0 aliphatic rings. The Kier molecular flexibility index (Phi) is 5.44. The van der Waals surface area contributed by atoms with E-state index in [1.807, 2.05) is 0 Å². The molecule has 0 heterocycles. The number of carbonyl (C=O) groups is 1. The molecular weight excluding hydrogens is 191 g/mol. The second-order valence-corrected chi connectivity index (χ2v) is 2.24. The van der Waals surface area contributed by atoms with E-state index >= 15 is 0 Å². The fourth-order valence-electron chi connectivity index (χ4n) is 0.247. The van der Waals surface area contributed by atoms with Crippen molar-refractivity contribution in [3.63, 3.8) is 0 Å². The average Bonchev–Trinajstić information content (AvgIpc) is 1.68. The fourth-order valence-corrected chi connectivity index (χ4v) is 0.778. The van der Waals surface area contributed by atoms with E-state index in [0.717, 1.165) is 0 Å². The Morgan fingerprint density at radius 3 is 2.75 bits per heavy atom. The van der Waals surface area contributed by atoms with Gasteiger partial charge in [-0.25, -0.2) is 0 Å². The van der Waals surface area contributed by atoms with Crippen molar-refractivity contribution in [2.45, 2.75) is 6.42 Å². The van der Waals surface area contributed by atoms with Crippen LogP contribution in [0.15, 0.2) is 11.6 Å². The van der Waals surface area contributed by atoms with Gasteiger partial charge in [0.2, 0.25) is 0 Å². The van der Waals surface area contributed by atoms with Crippen molar-refractivity contribution in [1.82, 2.24) is 0 Å². The molecule has 0 aromatic heterocycles. The van der Waals surface area contributed by atoms with Crippen LogP contribution >= 0.6 is 27.5 Å². The highest BCUT2D eigenvalue weighted by molar-refractivity contribution is 9.09. The van der Waals surface area contributed by atoms with Gasteiger partial charge in [0.1, 0.15) is 0 Å². The van der Waals surface area contributed by atoms with Gasteiger partial charge >= 0.3 is 0 Å². The van der Waals surface area contributed by atoms with Crippen LogP contribution in [0.1, 0.15) is 6.42 Å². The Morgan fingerprint density at radius 1 is 1.75 bits per heavy atom.